The van der Waals surface area contributed by atoms with Gasteiger partial charge in [-0.1, -0.05) is 23.7 Å². The van der Waals surface area contributed by atoms with Gasteiger partial charge in [0.1, 0.15) is 5.56 Å². The Bertz CT molecular complexity index is 295. The van der Waals surface area contributed by atoms with Gasteiger partial charge in [0.05, 0.1) is 0 Å². The molecule has 0 atom stereocenters. The van der Waals surface area contributed by atoms with Gasteiger partial charge in [-0.05, 0) is 6.42 Å². The zero-order valence-corrected chi connectivity index (χ0v) is 7.26. The maximum Gasteiger partial charge on any atom is 0.342 e. The lowest BCUT2D eigenvalue weighted by Gasteiger charge is -1.92. The molecule has 0 unspecified atom stereocenters. The number of hydrogen-bond acceptors (Lipinski definition) is 3. The van der Waals surface area contributed by atoms with Crippen LogP contribution in [-0.4, -0.2) is 16.2 Å². The summed E-state index contributed by atoms with van der Waals surface area (Å²) in [7, 11) is 0. The van der Waals surface area contributed by atoms with Crippen LogP contribution in [0, 0.1) is 0 Å². The second-order valence-corrected chi connectivity index (χ2v) is 2.68. The first-order valence-electron chi connectivity index (χ1n) is 3.54. The van der Waals surface area contributed by atoms with Crippen LogP contribution in [0.1, 0.15) is 29.5 Å². The van der Waals surface area contributed by atoms with Crippen LogP contribution in [0.25, 0.3) is 0 Å². The van der Waals surface area contributed by atoms with Gasteiger partial charge in [-0.2, -0.15) is 0 Å². The lowest BCUT2D eigenvalue weighted by Crippen LogP contribution is -1.99. The van der Waals surface area contributed by atoms with Gasteiger partial charge >= 0.3 is 5.97 Å². The van der Waals surface area contributed by atoms with Gasteiger partial charge in [0.15, 0.2) is 10.9 Å². The molecule has 0 aliphatic heterocycles. The van der Waals surface area contributed by atoms with Crippen molar-refractivity contribution in [2.24, 2.45) is 0 Å². The number of aromatic nitrogens is 1. The lowest BCUT2D eigenvalue weighted by molar-refractivity contribution is 0.0694. The third-order valence-electron chi connectivity index (χ3n) is 1.41. The number of carboxylic acid groups (broad SMARTS) is 1. The van der Waals surface area contributed by atoms with E-state index in [0.717, 1.165) is 6.42 Å². The molecule has 1 aromatic heterocycles. The number of hydrogen-bond donors (Lipinski definition) is 1. The molecule has 0 aliphatic rings. The molecule has 1 rings (SSSR count). The quantitative estimate of drug-likeness (QED) is 0.790. The minimum atomic E-state index is -1.09. The van der Waals surface area contributed by atoms with Gasteiger partial charge in [-0.3, -0.25) is 0 Å². The highest BCUT2D eigenvalue weighted by atomic mass is 35.5. The molecular formula is C7H8ClNO3. The van der Waals surface area contributed by atoms with Crippen molar-refractivity contribution < 1.29 is 14.4 Å². The lowest BCUT2D eigenvalue weighted by atomic mass is 10.2. The van der Waals surface area contributed by atoms with Crippen molar-refractivity contribution in [2.45, 2.75) is 19.8 Å². The Balaban J connectivity index is 3.04. The minimum Gasteiger partial charge on any atom is -0.477 e. The smallest absolute Gasteiger partial charge is 0.342 e. The van der Waals surface area contributed by atoms with E-state index in [9.17, 15) is 4.79 Å². The van der Waals surface area contributed by atoms with E-state index in [2.05, 4.69) is 5.16 Å². The van der Waals surface area contributed by atoms with Crippen molar-refractivity contribution in [3.05, 3.63) is 16.5 Å². The van der Waals surface area contributed by atoms with Crippen LogP contribution in [0.3, 0.4) is 0 Å². The molecular weight excluding hydrogens is 182 g/mol. The fourth-order valence-electron chi connectivity index (χ4n) is 0.907. The summed E-state index contributed by atoms with van der Waals surface area (Å²) in [5.41, 5.74) is -0.0153. The Morgan fingerprint density at radius 2 is 2.42 bits per heavy atom. The summed E-state index contributed by atoms with van der Waals surface area (Å²) in [5, 5.41) is 12.0. The first-order chi connectivity index (χ1) is 5.66. The van der Waals surface area contributed by atoms with Crippen molar-refractivity contribution >= 4 is 17.6 Å². The minimum absolute atomic E-state index is 0.0153. The number of halogens is 1. The molecule has 1 N–H and O–H groups in total. The second-order valence-electron chi connectivity index (χ2n) is 2.33. The number of carboxylic acids is 1. The average Bonchev–Trinajstić information content (AvgIpc) is 2.32. The molecule has 0 saturated heterocycles. The molecule has 0 amide bonds. The summed E-state index contributed by atoms with van der Waals surface area (Å²) in [4.78, 5) is 10.6. The first kappa shape index (κ1) is 9.06. The first-order valence-corrected chi connectivity index (χ1v) is 3.92. The molecule has 12 heavy (non-hydrogen) atoms. The molecule has 0 radical (unpaired) electrons. The van der Waals surface area contributed by atoms with Crippen LogP contribution in [0.5, 0.6) is 0 Å². The molecule has 0 bridgehead atoms. The van der Waals surface area contributed by atoms with Crippen molar-refractivity contribution in [1.29, 1.82) is 0 Å². The predicted octanol–water partition coefficient (Wildman–Crippen LogP) is 1.98. The molecule has 1 heterocycles. The van der Waals surface area contributed by atoms with Crippen molar-refractivity contribution in [3.8, 4) is 0 Å². The van der Waals surface area contributed by atoms with E-state index in [0.29, 0.717) is 12.2 Å². The van der Waals surface area contributed by atoms with Crippen LogP contribution in [0.2, 0.25) is 5.15 Å². The molecule has 5 heteroatoms. The van der Waals surface area contributed by atoms with Gasteiger partial charge in [0.25, 0.3) is 0 Å². The Kier molecular flexibility index (Phi) is 2.70. The van der Waals surface area contributed by atoms with E-state index in [1.54, 1.807) is 0 Å². The Morgan fingerprint density at radius 1 is 1.75 bits per heavy atom. The third kappa shape index (κ3) is 1.58. The van der Waals surface area contributed by atoms with Crippen LogP contribution < -0.4 is 0 Å². The summed E-state index contributed by atoms with van der Waals surface area (Å²) in [6, 6.07) is 0. The van der Waals surface area contributed by atoms with E-state index < -0.39 is 5.97 Å². The monoisotopic (exact) mass is 189 g/mol. The largest absolute Gasteiger partial charge is 0.477 e. The average molecular weight is 190 g/mol. The van der Waals surface area contributed by atoms with Gasteiger partial charge in [0.2, 0.25) is 0 Å². The summed E-state index contributed by atoms with van der Waals surface area (Å²) in [5.74, 6) is -0.750. The van der Waals surface area contributed by atoms with Crippen LogP contribution in [0.15, 0.2) is 4.52 Å². The van der Waals surface area contributed by atoms with E-state index in [1.807, 2.05) is 6.92 Å². The van der Waals surface area contributed by atoms with E-state index in [4.69, 9.17) is 21.2 Å². The molecule has 4 nitrogen and oxygen atoms in total. The Labute approximate surface area is 74.1 Å². The number of nitrogens with zero attached hydrogens (tertiary/aromatic N) is 1. The third-order valence-corrected chi connectivity index (χ3v) is 1.67. The van der Waals surface area contributed by atoms with Gasteiger partial charge in [-0.15, -0.1) is 0 Å². The molecule has 66 valence electrons. The number of aryl methyl sites for hydroxylation is 1. The van der Waals surface area contributed by atoms with Gasteiger partial charge < -0.3 is 9.63 Å². The topological polar surface area (TPSA) is 63.3 Å². The van der Waals surface area contributed by atoms with Crippen LogP contribution in [0.4, 0.5) is 0 Å². The number of aromatic carboxylic acids is 1. The van der Waals surface area contributed by atoms with Crippen LogP contribution in [-0.2, 0) is 6.42 Å². The molecule has 0 aliphatic carbocycles. The summed E-state index contributed by atoms with van der Waals surface area (Å²) in [6.45, 7) is 1.92. The predicted molar refractivity (Wildman–Crippen MR) is 42.5 cm³/mol. The van der Waals surface area contributed by atoms with E-state index in [1.165, 1.54) is 0 Å². The fourth-order valence-corrected chi connectivity index (χ4v) is 1.13. The Hall–Kier alpha value is -1.03. The normalized spacial score (nSPS) is 10.2. The number of rotatable bonds is 3. The fraction of sp³-hybridized carbons (Fsp3) is 0.429. The molecule has 0 fully saturated rings. The highest BCUT2D eigenvalue weighted by Crippen LogP contribution is 2.19. The maximum atomic E-state index is 10.6. The summed E-state index contributed by atoms with van der Waals surface area (Å²) < 4.78 is 4.73. The molecule has 0 aromatic carbocycles. The van der Waals surface area contributed by atoms with Gasteiger partial charge in [-0.25, -0.2) is 4.79 Å². The summed E-state index contributed by atoms with van der Waals surface area (Å²) in [6.07, 6.45) is 1.34. The maximum absolute atomic E-state index is 10.6. The van der Waals surface area contributed by atoms with Crippen LogP contribution >= 0.6 is 11.6 Å². The SMILES string of the molecule is CCCc1onc(Cl)c1C(=O)O. The molecule has 1 aromatic rings. The second kappa shape index (κ2) is 3.58. The highest BCUT2D eigenvalue weighted by molar-refractivity contribution is 6.32. The zero-order valence-electron chi connectivity index (χ0n) is 6.50. The van der Waals surface area contributed by atoms with Crippen molar-refractivity contribution in [3.63, 3.8) is 0 Å². The van der Waals surface area contributed by atoms with Crippen molar-refractivity contribution in [2.75, 3.05) is 0 Å². The zero-order chi connectivity index (χ0) is 9.14. The Morgan fingerprint density at radius 3 is 2.92 bits per heavy atom. The highest BCUT2D eigenvalue weighted by Gasteiger charge is 2.19. The molecule has 0 spiro atoms. The molecule has 0 saturated carbocycles. The van der Waals surface area contributed by atoms with E-state index in [-0.39, 0.29) is 10.7 Å². The standard InChI is InChI=1S/C7H8ClNO3/c1-2-3-4-5(7(10)11)6(8)9-12-4/h2-3H2,1H3,(H,10,11). The van der Waals surface area contributed by atoms with Crippen molar-refractivity contribution in [1.82, 2.24) is 5.16 Å². The van der Waals surface area contributed by atoms with Gasteiger partial charge in [0, 0.05) is 6.42 Å². The van der Waals surface area contributed by atoms with E-state index >= 15 is 0 Å². The summed E-state index contributed by atoms with van der Waals surface area (Å²) >= 11 is 5.49. The number of carbonyl (C=O) groups is 1.